The Kier molecular flexibility index (Phi) is 6.04. The zero-order chi connectivity index (χ0) is 17.4. The summed E-state index contributed by atoms with van der Waals surface area (Å²) in [5.74, 6) is -0.449. The molecule has 0 saturated carbocycles. The number of carbonyl (C=O) groups excluding carboxylic acids is 2. The van der Waals surface area contributed by atoms with Crippen LogP contribution >= 0.6 is 0 Å². The minimum absolute atomic E-state index is 0.145. The number of hydrogen-bond donors (Lipinski definition) is 0. The summed E-state index contributed by atoms with van der Waals surface area (Å²) in [4.78, 5) is 21.4. The third kappa shape index (κ3) is 3.96. The molecule has 24 heavy (non-hydrogen) atoms. The molecule has 0 aliphatic rings. The van der Waals surface area contributed by atoms with E-state index in [1.54, 1.807) is 13.0 Å². The molecule has 0 aromatic heterocycles. The second-order valence-corrected chi connectivity index (χ2v) is 4.99. The lowest BCUT2D eigenvalue weighted by Crippen LogP contribution is -2.01. The van der Waals surface area contributed by atoms with Crippen LogP contribution in [0.4, 0.5) is 0 Å². The number of fused-ring (bicyclic) bond motifs is 2. The Morgan fingerprint density at radius 3 is 2.08 bits per heavy atom. The van der Waals surface area contributed by atoms with Crippen molar-refractivity contribution in [2.45, 2.75) is 13.3 Å². The summed E-state index contributed by atoms with van der Waals surface area (Å²) >= 11 is 0. The topological polar surface area (TPSA) is 67.2 Å². The molecule has 0 radical (unpaired) electrons. The Balaban J connectivity index is 0.000000224. The van der Waals surface area contributed by atoms with E-state index in [4.69, 9.17) is 5.26 Å². The number of carbonyl (C=O) groups is 2. The van der Waals surface area contributed by atoms with Crippen molar-refractivity contribution in [1.29, 1.82) is 5.26 Å². The van der Waals surface area contributed by atoms with Crippen molar-refractivity contribution in [3.05, 3.63) is 60.2 Å². The van der Waals surface area contributed by atoms with Crippen molar-refractivity contribution < 1.29 is 14.3 Å². The Bertz CT molecular complexity index is 856. The van der Waals surface area contributed by atoms with Gasteiger partial charge in [-0.1, -0.05) is 48.5 Å². The summed E-state index contributed by atoms with van der Waals surface area (Å²) in [6.07, 6.45) is 0.804. The first-order valence-electron chi connectivity index (χ1n) is 7.59. The lowest BCUT2D eigenvalue weighted by atomic mass is 9.98. The molecule has 0 heterocycles. The molecule has 0 saturated heterocycles. The van der Waals surface area contributed by atoms with E-state index in [1.807, 2.05) is 48.5 Å². The van der Waals surface area contributed by atoms with Crippen molar-refractivity contribution >= 4 is 33.8 Å². The van der Waals surface area contributed by atoms with Crippen molar-refractivity contribution in [3.8, 4) is 6.07 Å². The van der Waals surface area contributed by atoms with Gasteiger partial charge in [0.1, 0.15) is 6.42 Å². The Morgan fingerprint density at radius 2 is 1.62 bits per heavy atom. The predicted molar refractivity (Wildman–Crippen MR) is 93.7 cm³/mol. The van der Waals surface area contributed by atoms with Crippen molar-refractivity contribution in [3.63, 3.8) is 0 Å². The molecule has 0 amide bonds. The van der Waals surface area contributed by atoms with E-state index in [1.165, 1.54) is 0 Å². The zero-order valence-corrected chi connectivity index (χ0v) is 13.4. The number of nitrogens with zero attached hydrogens (tertiary/aromatic N) is 1. The number of rotatable bonds is 3. The van der Waals surface area contributed by atoms with E-state index in [9.17, 15) is 9.59 Å². The Morgan fingerprint density at radius 1 is 1.08 bits per heavy atom. The molecular formula is C20H17NO3. The van der Waals surface area contributed by atoms with Gasteiger partial charge in [-0.2, -0.15) is 5.26 Å². The highest BCUT2D eigenvalue weighted by molar-refractivity contribution is 6.12. The van der Waals surface area contributed by atoms with Gasteiger partial charge in [-0.15, -0.1) is 0 Å². The minimum atomic E-state index is -0.449. The average molecular weight is 319 g/mol. The van der Waals surface area contributed by atoms with Crippen molar-refractivity contribution in [2.24, 2.45) is 0 Å². The molecule has 0 bridgehead atoms. The highest BCUT2D eigenvalue weighted by Gasteiger charge is 2.05. The SMILES string of the molecule is CCOC(=O)CC#N.O=Cc1c2ccccc2cc2ccccc12. The third-order valence-electron chi connectivity index (χ3n) is 3.46. The number of aldehydes is 1. The van der Waals surface area contributed by atoms with Crippen molar-refractivity contribution in [1.82, 2.24) is 0 Å². The van der Waals surface area contributed by atoms with Gasteiger partial charge >= 0.3 is 5.97 Å². The van der Waals surface area contributed by atoms with Gasteiger partial charge in [0.05, 0.1) is 12.7 Å². The van der Waals surface area contributed by atoms with E-state index in [-0.39, 0.29) is 6.42 Å². The Hall–Kier alpha value is -3.19. The van der Waals surface area contributed by atoms with Crippen molar-refractivity contribution in [2.75, 3.05) is 6.61 Å². The molecule has 0 spiro atoms. The van der Waals surface area contributed by atoms with Gasteiger partial charge in [0.2, 0.25) is 0 Å². The summed E-state index contributed by atoms with van der Waals surface area (Å²) in [5.41, 5.74) is 0.786. The third-order valence-corrected chi connectivity index (χ3v) is 3.46. The van der Waals surface area contributed by atoms with Gasteiger partial charge in [0.25, 0.3) is 0 Å². The van der Waals surface area contributed by atoms with Crippen LogP contribution in [-0.4, -0.2) is 18.9 Å². The molecule has 4 nitrogen and oxygen atoms in total. The van der Waals surface area contributed by atoms with E-state index in [0.717, 1.165) is 33.4 Å². The Labute approximate surface area is 140 Å². The molecule has 3 aromatic rings. The number of ether oxygens (including phenoxy) is 1. The first kappa shape index (κ1) is 17.2. The lowest BCUT2D eigenvalue weighted by Gasteiger charge is -2.05. The summed E-state index contributed by atoms with van der Waals surface area (Å²) in [6.45, 7) is 2.05. The summed E-state index contributed by atoms with van der Waals surface area (Å²) in [5, 5.41) is 12.2. The molecule has 0 unspecified atom stereocenters. The maximum atomic E-state index is 11.2. The monoisotopic (exact) mass is 319 g/mol. The molecule has 3 rings (SSSR count). The molecule has 0 N–H and O–H groups in total. The quantitative estimate of drug-likeness (QED) is 0.411. The highest BCUT2D eigenvalue weighted by Crippen LogP contribution is 2.26. The van der Waals surface area contributed by atoms with E-state index >= 15 is 0 Å². The number of hydrogen-bond acceptors (Lipinski definition) is 4. The fourth-order valence-electron chi connectivity index (χ4n) is 2.45. The van der Waals surface area contributed by atoms with Crippen LogP contribution in [0.25, 0.3) is 21.5 Å². The van der Waals surface area contributed by atoms with Crippen LogP contribution in [0.3, 0.4) is 0 Å². The van der Waals surface area contributed by atoms with Crippen LogP contribution in [0.15, 0.2) is 54.6 Å². The molecule has 3 aromatic carbocycles. The minimum Gasteiger partial charge on any atom is -0.465 e. The van der Waals surface area contributed by atoms with E-state index in [0.29, 0.717) is 6.61 Å². The predicted octanol–water partition coefficient (Wildman–Crippen LogP) is 4.27. The number of nitriles is 1. The number of esters is 1. The molecule has 4 heteroatoms. The fourth-order valence-corrected chi connectivity index (χ4v) is 2.45. The second-order valence-electron chi connectivity index (χ2n) is 4.99. The lowest BCUT2D eigenvalue weighted by molar-refractivity contribution is -0.141. The maximum absolute atomic E-state index is 11.2. The smallest absolute Gasteiger partial charge is 0.320 e. The molecule has 0 aliphatic heterocycles. The normalized spacial score (nSPS) is 9.67. The van der Waals surface area contributed by atoms with Crippen LogP contribution in [0, 0.1) is 11.3 Å². The van der Waals surface area contributed by atoms with Gasteiger partial charge in [-0.25, -0.2) is 0 Å². The first-order valence-corrected chi connectivity index (χ1v) is 7.59. The zero-order valence-electron chi connectivity index (χ0n) is 13.4. The van der Waals surface area contributed by atoms with Gasteiger partial charge in [0, 0.05) is 5.56 Å². The largest absolute Gasteiger partial charge is 0.465 e. The molecule has 120 valence electrons. The fraction of sp³-hybridized carbons (Fsp3) is 0.150. The molecule has 0 fully saturated rings. The van der Waals surface area contributed by atoms with Gasteiger partial charge in [-0.05, 0) is 34.5 Å². The highest BCUT2D eigenvalue weighted by atomic mass is 16.5. The first-order chi connectivity index (χ1) is 11.7. The maximum Gasteiger partial charge on any atom is 0.320 e. The summed E-state index contributed by atoms with van der Waals surface area (Å²) in [7, 11) is 0. The van der Waals surface area contributed by atoms with E-state index < -0.39 is 5.97 Å². The average Bonchev–Trinajstić information content (AvgIpc) is 2.60. The number of benzene rings is 3. The van der Waals surface area contributed by atoms with Crippen LogP contribution in [0.2, 0.25) is 0 Å². The molecule has 0 atom stereocenters. The van der Waals surface area contributed by atoms with Crippen LogP contribution < -0.4 is 0 Å². The van der Waals surface area contributed by atoms with Crippen LogP contribution in [0.1, 0.15) is 23.7 Å². The van der Waals surface area contributed by atoms with Crippen LogP contribution in [-0.2, 0) is 9.53 Å². The van der Waals surface area contributed by atoms with Crippen LogP contribution in [0.5, 0.6) is 0 Å². The van der Waals surface area contributed by atoms with Gasteiger partial charge in [-0.3, -0.25) is 9.59 Å². The van der Waals surface area contributed by atoms with Gasteiger partial charge < -0.3 is 4.74 Å². The summed E-state index contributed by atoms with van der Waals surface area (Å²) in [6, 6.07) is 19.8. The standard InChI is InChI=1S/C15H10O.C5H7NO2/c16-10-15-13-7-3-1-5-11(13)9-12-6-2-4-8-14(12)15;1-2-8-5(7)3-4-6/h1-10H;2-3H2,1H3. The molecule has 0 aliphatic carbocycles. The van der Waals surface area contributed by atoms with Gasteiger partial charge in [0.15, 0.2) is 6.29 Å². The summed E-state index contributed by atoms with van der Waals surface area (Å²) < 4.78 is 4.42. The second kappa shape index (κ2) is 8.44. The molecular weight excluding hydrogens is 302 g/mol. The van der Waals surface area contributed by atoms with E-state index in [2.05, 4.69) is 10.8 Å².